The van der Waals surface area contributed by atoms with E-state index in [9.17, 15) is 4.79 Å². The minimum Gasteiger partial charge on any atom is -0.461 e. The highest BCUT2D eigenvalue weighted by Crippen LogP contribution is 2.03. The topological polar surface area (TPSA) is 26.3 Å². The number of ether oxygens (including phenoxy) is 1. The van der Waals surface area contributed by atoms with E-state index in [0.29, 0.717) is 6.61 Å². The molecule has 0 aliphatic carbocycles. The van der Waals surface area contributed by atoms with Crippen LogP contribution in [0.1, 0.15) is 17.5 Å². The van der Waals surface area contributed by atoms with Crippen LogP contribution in [0.25, 0.3) is 12.2 Å². The third kappa shape index (κ3) is 5.91. The third-order valence-electron chi connectivity index (χ3n) is 2.84. The van der Waals surface area contributed by atoms with Gasteiger partial charge in [0, 0.05) is 0 Å². The van der Waals surface area contributed by atoms with E-state index in [1.54, 1.807) is 0 Å². The number of carbonyl (C=O) groups is 1. The zero-order valence-electron chi connectivity index (χ0n) is 11.8. The Morgan fingerprint density at radius 2 is 1.33 bits per heavy atom. The lowest BCUT2D eigenvalue weighted by Gasteiger charge is -1.98. The molecule has 2 aromatic carbocycles. The Balaban J connectivity index is 1.68. The van der Waals surface area contributed by atoms with Crippen LogP contribution in [-0.2, 0) is 9.53 Å². The summed E-state index contributed by atoms with van der Waals surface area (Å²) in [4.78, 5) is 11.5. The summed E-state index contributed by atoms with van der Waals surface area (Å²) in [6.45, 7) is 0.299. The molecule has 0 radical (unpaired) electrons. The summed E-state index contributed by atoms with van der Waals surface area (Å²) in [7, 11) is 0. The molecular formula is C19H18O2. The summed E-state index contributed by atoms with van der Waals surface area (Å²) in [6.07, 6.45) is 7.80. The molecular weight excluding hydrogens is 260 g/mol. The lowest BCUT2D eigenvalue weighted by Crippen LogP contribution is -2.02. The van der Waals surface area contributed by atoms with Crippen molar-refractivity contribution in [2.45, 2.75) is 6.42 Å². The van der Waals surface area contributed by atoms with Gasteiger partial charge in [-0.05, 0) is 17.2 Å². The molecule has 0 spiro atoms. The molecule has 0 amide bonds. The van der Waals surface area contributed by atoms with E-state index in [2.05, 4.69) is 0 Å². The van der Waals surface area contributed by atoms with Crippen molar-refractivity contribution >= 4 is 18.1 Å². The molecule has 0 heterocycles. The summed E-state index contributed by atoms with van der Waals surface area (Å²) in [6, 6.07) is 19.8. The molecule has 2 heteroatoms. The summed E-state index contributed by atoms with van der Waals surface area (Å²) >= 11 is 0. The largest absolute Gasteiger partial charge is 0.461 e. The quantitative estimate of drug-likeness (QED) is 0.734. The van der Waals surface area contributed by atoms with E-state index in [4.69, 9.17) is 4.74 Å². The first-order valence-electron chi connectivity index (χ1n) is 6.93. The molecule has 0 aliphatic heterocycles. The van der Waals surface area contributed by atoms with Crippen LogP contribution < -0.4 is 0 Å². The molecule has 2 rings (SSSR count). The Morgan fingerprint density at radius 3 is 1.90 bits per heavy atom. The first-order chi connectivity index (χ1) is 10.3. The second kappa shape index (κ2) is 8.54. The lowest BCUT2D eigenvalue weighted by molar-refractivity contribution is -0.141. The summed E-state index contributed by atoms with van der Waals surface area (Å²) in [5.41, 5.74) is 2.17. The molecule has 0 bridgehead atoms. The second-order valence-electron chi connectivity index (χ2n) is 4.51. The molecule has 2 nitrogen and oxygen atoms in total. The van der Waals surface area contributed by atoms with Gasteiger partial charge in [0.05, 0.1) is 6.42 Å². The molecule has 0 aromatic heterocycles. The highest BCUT2D eigenvalue weighted by Gasteiger charge is 1.97. The summed E-state index contributed by atoms with van der Waals surface area (Å²) in [5.74, 6) is -0.222. The molecule has 2 aromatic rings. The fourth-order valence-corrected chi connectivity index (χ4v) is 1.80. The monoisotopic (exact) mass is 278 g/mol. The van der Waals surface area contributed by atoms with E-state index in [-0.39, 0.29) is 12.4 Å². The average molecular weight is 278 g/mol. The molecule has 0 fully saturated rings. The van der Waals surface area contributed by atoms with Gasteiger partial charge in [-0.3, -0.25) is 4.79 Å². The van der Waals surface area contributed by atoms with E-state index in [0.717, 1.165) is 11.1 Å². The number of hydrogen-bond acceptors (Lipinski definition) is 2. The molecule has 0 atom stereocenters. The summed E-state index contributed by atoms with van der Waals surface area (Å²) in [5, 5.41) is 0. The Bertz CT molecular complexity index is 598. The van der Waals surface area contributed by atoms with Crippen LogP contribution in [-0.4, -0.2) is 12.6 Å². The maximum absolute atomic E-state index is 11.5. The van der Waals surface area contributed by atoms with Gasteiger partial charge >= 0.3 is 5.97 Å². The number of rotatable bonds is 6. The predicted molar refractivity (Wildman–Crippen MR) is 86.5 cm³/mol. The Morgan fingerprint density at radius 1 is 0.810 bits per heavy atom. The van der Waals surface area contributed by atoms with Crippen molar-refractivity contribution < 1.29 is 9.53 Å². The van der Waals surface area contributed by atoms with Gasteiger partial charge in [-0.15, -0.1) is 0 Å². The molecule has 0 saturated heterocycles. The molecule has 21 heavy (non-hydrogen) atoms. The van der Waals surface area contributed by atoms with Gasteiger partial charge in [0.1, 0.15) is 6.61 Å². The zero-order valence-corrected chi connectivity index (χ0v) is 11.8. The molecule has 0 saturated carbocycles. The first-order valence-corrected chi connectivity index (χ1v) is 6.93. The fraction of sp³-hybridized carbons (Fsp3) is 0.105. The molecule has 0 N–H and O–H groups in total. The maximum atomic E-state index is 11.5. The Hall–Kier alpha value is -2.61. The second-order valence-corrected chi connectivity index (χ2v) is 4.51. The fourth-order valence-electron chi connectivity index (χ4n) is 1.80. The standard InChI is InChI=1S/C19H18O2/c20-19(15-7-13-17-9-3-1-4-10-17)21-16-8-14-18-11-5-2-6-12-18/h1-14H,15-16H2/b13-7+,14-8+. The number of esters is 1. The van der Waals surface area contributed by atoms with Crippen LogP contribution in [0.3, 0.4) is 0 Å². The predicted octanol–water partition coefficient (Wildman–Crippen LogP) is 4.35. The SMILES string of the molecule is O=C(C/C=C/c1ccccc1)OC/C=C/c1ccccc1. The van der Waals surface area contributed by atoms with Crippen LogP contribution in [0.4, 0.5) is 0 Å². The maximum Gasteiger partial charge on any atom is 0.309 e. The highest BCUT2D eigenvalue weighted by molar-refractivity contribution is 5.72. The van der Waals surface area contributed by atoms with Gasteiger partial charge in [-0.1, -0.05) is 78.9 Å². The van der Waals surface area contributed by atoms with Gasteiger partial charge in [-0.2, -0.15) is 0 Å². The van der Waals surface area contributed by atoms with Crippen LogP contribution in [0.2, 0.25) is 0 Å². The van der Waals surface area contributed by atoms with Crippen LogP contribution in [0, 0.1) is 0 Å². The van der Waals surface area contributed by atoms with E-state index in [1.165, 1.54) is 0 Å². The molecule has 0 aliphatic rings. The smallest absolute Gasteiger partial charge is 0.309 e. The van der Waals surface area contributed by atoms with Gasteiger partial charge in [0.2, 0.25) is 0 Å². The van der Waals surface area contributed by atoms with Crippen molar-refractivity contribution in [1.29, 1.82) is 0 Å². The Labute approximate surface area is 125 Å². The van der Waals surface area contributed by atoms with E-state index < -0.39 is 0 Å². The van der Waals surface area contributed by atoms with Crippen LogP contribution in [0.5, 0.6) is 0 Å². The molecule has 0 unspecified atom stereocenters. The average Bonchev–Trinajstić information content (AvgIpc) is 2.54. The van der Waals surface area contributed by atoms with Crippen molar-refractivity contribution in [3.8, 4) is 0 Å². The normalized spacial score (nSPS) is 11.0. The van der Waals surface area contributed by atoms with Crippen LogP contribution in [0.15, 0.2) is 72.8 Å². The van der Waals surface area contributed by atoms with Crippen molar-refractivity contribution in [3.05, 3.63) is 83.9 Å². The minimum atomic E-state index is -0.222. The zero-order chi connectivity index (χ0) is 14.8. The van der Waals surface area contributed by atoms with Crippen molar-refractivity contribution in [1.82, 2.24) is 0 Å². The third-order valence-corrected chi connectivity index (χ3v) is 2.84. The van der Waals surface area contributed by atoms with Crippen molar-refractivity contribution in [2.24, 2.45) is 0 Å². The van der Waals surface area contributed by atoms with Crippen molar-refractivity contribution in [2.75, 3.05) is 6.61 Å². The number of hydrogen-bond donors (Lipinski definition) is 0. The molecule has 106 valence electrons. The lowest BCUT2D eigenvalue weighted by atomic mass is 10.2. The van der Waals surface area contributed by atoms with Crippen LogP contribution >= 0.6 is 0 Å². The van der Waals surface area contributed by atoms with Gasteiger partial charge in [-0.25, -0.2) is 0 Å². The first kappa shape index (κ1) is 14.8. The Kier molecular flexibility index (Phi) is 6.01. The van der Waals surface area contributed by atoms with Gasteiger partial charge < -0.3 is 4.74 Å². The van der Waals surface area contributed by atoms with Gasteiger partial charge in [0.25, 0.3) is 0 Å². The van der Waals surface area contributed by atoms with Gasteiger partial charge in [0.15, 0.2) is 0 Å². The van der Waals surface area contributed by atoms with E-state index in [1.807, 2.05) is 85.0 Å². The summed E-state index contributed by atoms with van der Waals surface area (Å²) < 4.78 is 5.12. The highest BCUT2D eigenvalue weighted by atomic mass is 16.5. The number of carbonyl (C=O) groups excluding carboxylic acids is 1. The minimum absolute atomic E-state index is 0.222. The van der Waals surface area contributed by atoms with Crippen molar-refractivity contribution in [3.63, 3.8) is 0 Å². The van der Waals surface area contributed by atoms with E-state index >= 15 is 0 Å². The number of benzene rings is 2.